The Morgan fingerprint density at radius 3 is 3.00 bits per heavy atom. The van der Waals surface area contributed by atoms with Gasteiger partial charge in [-0.1, -0.05) is 36.8 Å². The summed E-state index contributed by atoms with van der Waals surface area (Å²) < 4.78 is 1.96. The minimum Gasteiger partial charge on any atom is -0.310 e. The van der Waals surface area contributed by atoms with E-state index in [4.69, 9.17) is 0 Å². The summed E-state index contributed by atoms with van der Waals surface area (Å²) in [5.74, 6) is 0.991. The number of hydrogen-bond acceptors (Lipinski definition) is 3. The van der Waals surface area contributed by atoms with Crippen LogP contribution in [-0.2, 0) is 13.1 Å². The van der Waals surface area contributed by atoms with Crippen molar-refractivity contribution in [3.05, 3.63) is 47.5 Å². The molecule has 18 heavy (non-hydrogen) atoms. The molecule has 4 nitrogen and oxygen atoms in total. The zero-order chi connectivity index (χ0) is 12.8. The average molecular weight is 244 g/mol. The molecule has 4 heteroatoms. The average Bonchev–Trinajstić information content (AvgIpc) is 2.77. The first-order valence-electron chi connectivity index (χ1n) is 6.42. The second-order valence-corrected chi connectivity index (χ2v) is 4.50. The first kappa shape index (κ1) is 12.8. The number of aryl methyl sites for hydroxylation is 1. The van der Waals surface area contributed by atoms with Gasteiger partial charge in [-0.15, -0.1) is 0 Å². The zero-order valence-corrected chi connectivity index (χ0v) is 11.1. The Morgan fingerprint density at radius 1 is 1.33 bits per heavy atom. The number of nitrogens with zero attached hydrogens (tertiary/aromatic N) is 3. The van der Waals surface area contributed by atoms with Gasteiger partial charge in [-0.05, 0) is 25.5 Å². The molecule has 0 radical (unpaired) electrons. The molecule has 1 aromatic carbocycles. The lowest BCUT2D eigenvalue weighted by Crippen LogP contribution is -2.18. The number of rotatable bonds is 6. The highest BCUT2D eigenvalue weighted by Gasteiger charge is 2.04. The Kier molecular flexibility index (Phi) is 4.47. The highest BCUT2D eigenvalue weighted by Crippen LogP contribution is 2.06. The van der Waals surface area contributed by atoms with E-state index in [0.717, 1.165) is 31.9 Å². The largest absolute Gasteiger partial charge is 0.310 e. The zero-order valence-electron chi connectivity index (χ0n) is 11.1. The Balaban J connectivity index is 2.03. The number of nitrogens with one attached hydrogen (secondary N) is 1. The second kappa shape index (κ2) is 6.31. The van der Waals surface area contributed by atoms with Gasteiger partial charge in [-0.25, -0.2) is 9.67 Å². The molecule has 0 aliphatic carbocycles. The van der Waals surface area contributed by atoms with Gasteiger partial charge in [0.1, 0.15) is 12.2 Å². The van der Waals surface area contributed by atoms with E-state index >= 15 is 0 Å². The van der Waals surface area contributed by atoms with Gasteiger partial charge in [0.25, 0.3) is 0 Å². The van der Waals surface area contributed by atoms with E-state index in [1.54, 1.807) is 6.33 Å². The molecule has 0 spiro atoms. The molecule has 2 aromatic rings. The standard InChI is InChI=1S/C14H20N4/c1-3-7-15-9-14-16-11-17-18(14)10-13-6-4-5-12(2)8-13/h4-6,8,11,15H,3,7,9-10H2,1-2H3. The van der Waals surface area contributed by atoms with Gasteiger partial charge in [0.15, 0.2) is 0 Å². The van der Waals surface area contributed by atoms with Crippen LogP contribution in [-0.4, -0.2) is 21.3 Å². The maximum absolute atomic E-state index is 4.30. The molecular formula is C14H20N4. The van der Waals surface area contributed by atoms with Crippen LogP contribution in [0.15, 0.2) is 30.6 Å². The Labute approximate surface area is 108 Å². The molecule has 96 valence electrons. The first-order valence-corrected chi connectivity index (χ1v) is 6.42. The summed E-state index contributed by atoms with van der Waals surface area (Å²) in [4.78, 5) is 4.30. The van der Waals surface area contributed by atoms with Gasteiger partial charge in [0, 0.05) is 0 Å². The van der Waals surface area contributed by atoms with Gasteiger partial charge in [0.2, 0.25) is 0 Å². The minimum atomic E-state index is 0.777. The van der Waals surface area contributed by atoms with Crippen LogP contribution >= 0.6 is 0 Å². The molecule has 2 rings (SSSR count). The summed E-state index contributed by atoms with van der Waals surface area (Å²) in [7, 11) is 0. The molecule has 1 aromatic heterocycles. The maximum Gasteiger partial charge on any atom is 0.141 e. The van der Waals surface area contributed by atoms with E-state index in [9.17, 15) is 0 Å². The van der Waals surface area contributed by atoms with Gasteiger partial charge in [-0.3, -0.25) is 0 Å². The third-order valence-electron chi connectivity index (χ3n) is 2.82. The van der Waals surface area contributed by atoms with E-state index in [2.05, 4.69) is 53.5 Å². The van der Waals surface area contributed by atoms with Crippen LogP contribution in [0.3, 0.4) is 0 Å². The molecule has 1 heterocycles. The van der Waals surface area contributed by atoms with Crippen LogP contribution in [0, 0.1) is 6.92 Å². The molecule has 0 fully saturated rings. The molecule has 0 atom stereocenters. The van der Waals surface area contributed by atoms with Crippen LogP contribution in [0.2, 0.25) is 0 Å². The van der Waals surface area contributed by atoms with E-state index in [1.165, 1.54) is 11.1 Å². The predicted molar refractivity (Wildman–Crippen MR) is 72.3 cm³/mol. The molecule has 0 saturated carbocycles. The fourth-order valence-corrected chi connectivity index (χ4v) is 1.92. The van der Waals surface area contributed by atoms with Gasteiger partial charge in [0.05, 0.1) is 13.1 Å². The number of benzene rings is 1. The highest BCUT2D eigenvalue weighted by molar-refractivity contribution is 5.22. The summed E-state index contributed by atoms with van der Waals surface area (Å²) in [5.41, 5.74) is 2.54. The smallest absolute Gasteiger partial charge is 0.141 e. The SMILES string of the molecule is CCCNCc1ncnn1Cc1cccc(C)c1. The van der Waals surface area contributed by atoms with Crippen molar-refractivity contribution in [3.8, 4) is 0 Å². The number of hydrogen-bond donors (Lipinski definition) is 1. The molecule has 0 aliphatic heterocycles. The van der Waals surface area contributed by atoms with Crippen LogP contribution in [0.25, 0.3) is 0 Å². The lowest BCUT2D eigenvalue weighted by molar-refractivity contribution is 0.582. The molecule has 0 aliphatic rings. The van der Waals surface area contributed by atoms with Crippen LogP contribution in [0.1, 0.15) is 30.3 Å². The van der Waals surface area contributed by atoms with Crippen LogP contribution in [0.4, 0.5) is 0 Å². The van der Waals surface area contributed by atoms with E-state index in [0.29, 0.717) is 0 Å². The topological polar surface area (TPSA) is 42.7 Å². The van der Waals surface area contributed by atoms with Crippen molar-refractivity contribution in [2.24, 2.45) is 0 Å². The molecule has 0 bridgehead atoms. The van der Waals surface area contributed by atoms with E-state index < -0.39 is 0 Å². The summed E-state index contributed by atoms with van der Waals surface area (Å²) in [6, 6.07) is 8.49. The third kappa shape index (κ3) is 3.40. The van der Waals surface area contributed by atoms with E-state index in [1.807, 2.05) is 4.68 Å². The van der Waals surface area contributed by atoms with Crippen molar-refractivity contribution < 1.29 is 0 Å². The molecule has 0 amide bonds. The highest BCUT2D eigenvalue weighted by atomic mass is 15.3. The fourth-order valence-electron chi connectivity index (χ4n) is 1.92. The second-order valence-electron chi connectivity index (χ2n) is 4.50. The Morgan fingerprint density at radius 2 is 2.22 bits per heavy atom. The number of aromatic nitrogens is 3. The van der Waals surface area contributed by atoms with Crippen molar-refractivity contribution in [1.29, 1.82) is 0 Å². The third-order valence-corrected chi connectivity index (χ3v) is 2.82. The van der Waals surface area contributed by atoms with Gasteiger partial charge >= 0.3 is 0 Å². The summed E-state index contributed by atoms with van der Waals surface area (Å²) >= 11 is 0. The molecule has 1 N–H and O–H groups in total. The summed E-state index contributed by atoms with van der Waals surface area (Å²) in [5, 5.41) is 7.64. The Hall–Kier alpha value is -1.68. The van der Waals surface area contributed by atoms with Gasteiger partial charge < -0.3 is 5.32 Å². The molecule has 0 saturated heterocycles. The molecule has 0 unspecified atom stereocenters. The van der Waals surface area contributed by atoms with Crippen molar-refractivity contribution in [3.63, 3.8) is 0 Å². The summed E-state index contributed by atoms with van der Waals surface area (Å²) in [6.07, 6.45) is 2.75. The van der Waals surface area contributed by atoms with Crippen molar-refractivity contribution in [2.75, 3.05) is 6.54 Å². The maximum atomic E-state index is 4.30. The first-order chi connectivity index (χ1) is 8.79. The summed E-state index contributed by atoms with van der Waals surface area (Å²) in [6.45, 7) is 6.83. The van der Waals surface area contributed by atoms with Crippen LogP contribution < -0.4 is 5.32 Å². The van der Waals surface area contributed by atoms with E-state index in [-0.39, 0.29) is 0 Å². The van der Waals surface area contributed by atoms with Crippen LogP contribution in [0.5, 0.6) is 0 Å². The van der Waals surface area contributed by atoms with Crippen molar-refractivity contribution in [1.82, 2.24) is 20.1 Å². The van der Waals surface area contributed by atoms with Gasteiger partial charge in [-0.2, -0.15) is 5.10 Å². The lowest BCUT2D eigenvalue weighted by Gasteiger charge is -2.07. The quantitative estimate of drug-likeness (QED) is 0.792. The normalized spacial score (nSPS) is 10.8. The van der Waals surface area contributed by atoms with Crippen molar-refractivity contribution >= 4 is 0 Å². The monoisotopic (exact) mass is 244 g/mol. The minimum absolute atomic E-state index is 0.777. The molecular weight excluding hydrogens is 224 g/mol. The fraction of sp³-hybridized carbons (Fsp3) is 0.429. The predicted octanol–water partition coefficient (Wildman–Crippen LogP) is 2.13. The lowest BCUT2D eigenvalue weighted by atomic mass is 10.1. The van der Waals surface area contributed by atoms with Crippen molar-refractivity contribution in [2.45, 2.75) is 33.4 Å². The Bertz CT molecular complexity index is 490.